The van der Waals surface area contributed by atoms with Gasteiger partial charge in [0.25, 0.3) is 0 Å². The van der Waals surface area contributed by atoms with Crippen LogP contribution in [0, 0.1) is 0 Å². The zero-order chi connectivity index (χ0) is 18.5. The molecule has 1 saturated heterocycles. The van der Waals surface area contributed by atoms with E-state index in [0.717, 1.165) is 24.1 Å². The van der Waals surface area contributed by atoms with E-state index in [0.29, 0.717) is 29.7 Å². The van der Waals surface area contributed by atoms with E-state index in [1.54, 1.807) is 18.5 Å². The summed E-state index contributed by atoms with van der Waals surface area (Å²) in [6.07, 6.45) is 3.73. The third kappa shape index (κ3) is 4.54. The third-order valence-electron chi connectivity index (χ3n) is 4.52. The largest absolute Gasteiger partial charge is 0.365 e. The average molecular weight is 394 g/mol. The first kappa shape index (κ1) is 19.1. The van der Waals surface area contributed by atoms with Crippen molar-refractivity contribution in [3.05, 3.63) is 58.3 Å². The second-order valence-corrected chi connectivity index (χ2v) is 7.17. The molecule has 1 aliphatic heterocycles. The molecule has 0 amide bonds. The van der Waals surface area contributed by atoms with Crippen LogP contribution in [0.2, 0.25) is 10.0 Å². The summed E-state index contributed by atoms with van der Waals surface area (Å²) in [4.78, 5) is 19.8. The number of rotatable bonds is 6. The van der Waals surface area contributed by atoms with E-state index in [4.69, 9.17) is 27.9 Å². The summed E-state index contributed by atoms with van der Waals surface area (Å²) >= 11 is 12.3. The number of hydrogen-bond donors (Lipinski definition) is 0. The normalized spacial score (nSPS) is 19.3. The minimum absolute atomic E-state index is 0.189. The van der Waals surface area contributed by atoms with Crippen molar-refractivity contribution in [2.75, 3.05) is 24.5 Å². The molecule has 0 bridgehead atoms. The van der Waals surface area contributed by atoms with Crippen molar-refractivity contribution in [1.29, 1.82) is 0 Å². The van der Waals surface area contributed by atoms with Crippen LogP contribution in [0.1, 0.15) is 12.5 Å². The molecule has 1 aromatic carbocycles. The fourth-order valence-corrected chi connectivity index (χ4v) is 3.70. The van der Waals surface area contributed by atoms with Crippen molar-refractivity contribution >= 4 is 35.2 Å². The first-order valence-electron chi connectivity index (χ1n) is 8.50. The summed E-state index contributed by atoms with van der Waals surface area (Å²) in [6.45, 7) is 4.67. The van der Waals surface area contributed by atoms with E-state index in [-0.39, 0.29) is 6.04 Å². The number of hydrogen-bond acceptors (Lipinski definition) is 5. The van der Waals surface area contributed by atoms with Crippen LogP contribution in [0.15, 0.2) is 42.7 Å². The standard InChI is InChI=1S/C19H21Cl2N3O2/c1-14-11-23(19(12-25)26-13-15-4-6-22-7-5-15)8-9-24(14)18-3-2-16(20)10-17(18)21/h2-7,10,12,14,19H,8-9,11,13H2,1H3. The maximum absolute atomic E-state index is 11.5. The maximum atomic E-state index is 11.5. The van der Waals surface area contributed by atoms with E-state index in [1.165, 1.54) is 0 Å². The fourth-order valence-electron chi connectivity index (χ4n) is 3.18. The molecular weight excluding hydrogens is 373 g/mol. The third-order valence-corrected chi connectivity index (χ3v) is 5.06. The summed E-state index contributed by atoms with van der Waals surface area (Å²) in [5, 5.41) is 1.26. The van der Waals surface area contributed by atoms with E-state index < -0.39 is 6.23 Å². The first-order valence-corrected chi connectivity index (χ1v) is 9.25. The van der Waals surface area contributed by atoms with Gasteiger partial charge in [0, 0.05) is 43.1 Å². The van der Waals surface area contributed by atoms with E-state index >= 15 is 0 Å². The number of benzene rings is 1. The van der Waals surface area contributed by atoms with Crippen molar-refractivity contribution < 1.29 is 9.53 Å². The Bertz CT molecular complexity index is 745. The van der Waals surface area contributed by atoms with Crippen molar-refractivity contribution in [2.24, 2.45) is 0 Å². The summed E-state index contributed by atoms with van der Waals surface area (Å²) < 4.78 is 5.81. The van der Waals surface area contributed by atoms with Crippen LogP contribution in [0.25, 0.3) is 0 Å². The van der Waals surface area contributed by atoms with Gasteiger partial charge in [0.1, 0.15) is 0 Å². The number of anilines is 1. The lowest BCUT2D eigenvalue weighted by Crippen LogP contribution is -2.56. The molecule has 3 rings (SSSR count). The molecule has 0 saturated carbocycles. The molecule has 5 nitrogen and oxygen atoms in total. The molecule has 2 atom stereocenters. The van der Waals surface area contributed by atoms with Gasteiger partial charge in [0.15, 0.2) is 12.5 Å². The summed E-state index contributed by atoms with van der Waals surface area (Å²) in [5.74, 6) is 0. The molecule has 2 heterocycles. The maximum Gasteiger partial charge on any atom is 0.167 e. The highest BCUT2D eigenvalue weighted by molar-refractivity contribution is 6.36. The minimum atomic E-state index is -0.562. The fraction of sp³-hybridized carbons (Fsp3) is 0.368. The second kappa shape index (κ2) is 8.82. The number of carbonyl (C=O) groups is 1. The molecule has 1 fully saturated rings. The van der Waals surface area contributed by atoms with Crippen molar-refractivity contribution in [2.45, 2.75) is 25.8 Å². The highest BCUT2D eigenvalue weighted by atomic mass is 35.5. The van der Waals surface area contributed by atoms with E-state index in [9.17, 15) is 4.79 Å². The molecule has 1 aromatic heterocycles. The highest BCUT2D eigenvalue weighted by Crippen LogP contribution is 2.31. The lowest BCUT2D eigenvalue weighted by Gasteiger charge is -2.43. The lowest BCUT2D eigenvalue weighted by molar-refractivity contribution is -0.134. The molecule has 1 aliphatic rings. The number of halogens is 2. The van der Waals surface area contributed by atoms with Gasteiger partial charge in [0.2, 0.25) is 0 Å². The van der Waals surface area contributed by atoms with Gasteiger partial charge in [0.05, 0.1) is 17.3 Å². The van der Waals surface area contributed by atoms with Crippen LogP contribution in [-0.4, -0.2) is 48.1 Å². The van der Waals surface area contributed by atoms with Gasteiger partial charge in [-0.3, -0.25) is 14.7 Å². The number of carbonyl (C=O) groups excluding carboxylic acids is 1. The molecule has 26 heavy (non-hydrogen) atoms. The summed E-state index contributed by atoms with van der Waals surface area (Å²) in [6, 6.07) is 9.48. The average Bonchev–Trinajstić information content (AvgIpc) is 2.64. The molecule has 7 heteroatoms. The van der Waals surface area contributed by atoms with Gasteiger partial charge < -0.3 is 9.64 Å². The van der Waals surface area contributed by atoms with Crippen LogP contribution in [0.3, 0.4) is 0 Å². The minimum Gasteiger partial charge on any atom is -0.365 e. The predicted octanol–water partition coefficient (Wildman–Crippen LogP) is 3.64. The molecule has 0 N–H and O–H groups in total. The Kier molecular flexibility index (Phi) is 6.48. The molecule has 2 aromatic rings. The van der Waals surface area contributed by atoms with Crippen molar-refractivity contribution in [3.63, 3.8) is 0 Å². The molecular formula is C19H21Cl2N3O2. The Morgan fingerprint density at radius 1 is 1.27 bits per heavy atom. The van der Waals surface area contributed by atoms with Gasteiger partial charge in [-0.1, -0.05) is 23.2 Å². The van der Waals surface area contributed by atoms with Gasteiger partial charge in [-0.15, -0.1) is 0 Å². The van der Waals surface area contributed by atoms with Crippen LogP contribution in [-0.2, 0) is 16.1 Å². The Morgan fingerprint density at radius 2 is 2.04 bits per heavy atom. The number of aromatic nitrogens is 1. The lowest BCUT2D eigenvalue weighted by atomic mass is 10.1. The van der Waals surface area contributed by atoms with Gasteiger partial charge in [-0.25, -0.2) is 0 Å². The number of ether oxygens (including phenoxy) is 1. The molecule has 0 spiro atoms. The Morgan fingerprint density at radius 3 is 2.69 bits per heavy atom. The van der Waals surface area contributed by atoms with Crippen molar-refractivity contribution in [1.82, 2.24) is 9.88 Å². The molecule has 0 aliphatic carbocycles. The van der Waals surface area contributed by atoms with Crippen LogP contribution in [0.5, 0.6) is 0 Å². The van der Waals surface area contributed by atoms with Gasteiger partial charge in [-0.2, -0.15) is 0 Å². The van der Waals surface area contributed by atoms with Crippen LogP contribution in [0.4, 0.5) is 5.69 Å². The van der Waals surface area contributed by atoms with Crippen molar-refractivity contribution in [3.8, 4) is 0 Å². The topological polar surface area (TPSA) is 45.7 Å². The monoisotopic (exact) mass is 393 g/mol. The van der Waals surface area contributed by atoms with Gasteiger partial charge in [-0.05, 0) is 42.8 Å². The SMILES string of the molecule is CC1CN(C(C=O)OCc2ccncc2)CCN1c1ccc(Cl)cc1Cl. The molecule has 2 unspecified atom stereocenters. The number of aldehydes is 1. The Balaban J connectivity index is 1.62. The predicted molar refractivity (Wildman–Crippen MR) is 104 cm³/mol. The molecule has 0 radical (unpaired) electrons. The molecule has 138 valence electrons. The quantitative estimate of drug-likeness (QED) is 0.700. The number of piperazine rings is 1. The van der Waals surface area contributed by atoms with Crippen LogP contribution >= 0.6 is 23.2 Å². The smallest absolute Gasteiger partial charge is 0.167 e. The first-order chi connectivity index (χ1) is 12.6. The zero-order valence-electron chi connectivity index (χ0n) is 14.5. The van der Waals surface area contributed by atoms with Crippen LogP contribution < -0.4 is 4.90 Å². The number of nitrogens with zero attached hydrogens (tertiary/aromatic N) is 3. The number of pyridine rings is 1. The van der Waals surface area contributed by atoms with E-state index in [2.05, 4.69) is 21.7 Å². The van der Waals surface area contributed by atoms with Gasteiger partial charge >= 0.3 is 0 Å². The zero-order valence-corrected chi connectivity index (χ0v) is 16.0. The Labute approximate surface area is 163 Å². The second-order valence-electron chi connectivity index (χ2n) is 6.33. The highest BCUT2D eigenvalue weighted by Gasteiger charge is 2.29. The summed E-state index contributed by atoms with van der Waals surface area (Å²) in [5.41, 5.74) is 1.95. The summed E-state index contributed by atoms with van der Waals surface area (Å²) in [7, 11) is 0. The Hall–Kier alpha value is -1.66. The van der Waals surface area contributed by atoms with E-state index in [1.807, 2.05) is 24.3 Å².